The van der Waals surface area contributed by atoms with Crippen LogP contribution in [-0.2, 0) is 0 Å². The summed E-state index contributed by atoms with van der Waals surface area (Å²) in [7, 11) is 0. The largest absolute Gasteiger partial charge is 0.461 e. The molecule has 0 aliphatic rings. The van der Waals surface area contributed by atoms with Crippen LogP contribution in [0.3, 0.4) is 0 Å². The van der Waals surface area contributed by atoms with Crippen molar-refractivity contribution in [2.45, 2.75) is 13.0 Å². The number of hydrogen-bond acceptors (Lipinski definition) is 3. The summed E-state index contributed by atoms with van der Waals surface area (Å²) in [5.41, 5.74) is 6.26. The molecule has 1 aromatic heterocycles. The molecule has 1 aromatic carbocycles. The van der Waals surface area contributed by atoms with E-state index in [1.807, 2.05) is 0 Å². The smallest absolute Gasteiger partial charge is 0.179 e. The predicted molar refractivity (Wildman–Crippen MR) is 54.2 cm³/mol. The first-order valence-corrected chi connectivity index (χ1v) is 4.56. The molecule has 15 heavy (non-hydrogen) atoms. The van der Waals surface area contributed by atoms with Gasteiger partial charge in [-0.1, -0.05) is 6.07 Å². The average molecular weight is 207 g/mol. The van der Waals surface area contributed by atoms with Crippen LogP contribution < -0.4 is 5.73 Å². The summed E-state index contributed by atoms with van der Waals surface area (Å²) < 4.78 is 18.0. The van der Waals surface area contributed by atoms with Gasteiger partial charge >= 0.3 is 0 Å². The minimum atomic E-state index is -0.567. The predicted octanol–water partition coefficient (Wildman–Crippen LogP) is 2.10. The first-order valence-electron chi connectivity index (χ1n) is 4.56. The molecule has 0 amide bonds. The summed E-state index contributed by atoms with van der Waals surface area (Å²) in [4.78, 5) is 11.5. The molecule has 2 N–H and O–H groups in total. The number of benzene rings is 1. The van der Waals surface area contributed by atoms with Crippen LogP contribution in [0.15, 0.2) is 28.9 Å². The minimum absolute atomic E-state index is 0.186. The molecule has 1 unspecified atom stereocenters. The van der Waals surface area contributed by atoms with Crippen molar-refractivity contribution in [2.75, 3.05) is 0 Å². The van der Waals surface area contributed by atoms with Crippen LogP contribution in [0.4, 0.5) is 4.39 Å². The number of fused-ring (bicyclic) bond motifs is 1. The van der Waals surface area contributed by atoms with Gasteiger partial charge in [0.05, 0.1) is 11.4 Å². The molecule has 78 valence electrons. The first kappa shape index (κ1) is 9.86. The van der Waals surface area contributed by atoms with Crippen molar-refractivity contribution >= 4 is 16.8 Å². The minimum Gasteiger partial charge on any atom is -0.461 e. The van der Waals surface area contributed by atoms with Gasteiger partial charge < -0.3 is 10.2 Å². The molecular formula is C11H10FNO2. The zero-order valence-electron chi connectivity index (χ0n) is 8.16. The maximum Gasteiger partial charge on any atom is 0.179 e. The van der Waals surface area contributed by atoms with E-state index in [0.29, 0.717) is 16.5 Å². The fourth-order valence-corrected chi connectivity index (χ4v) is 1.41. The highest BCUT2D eigenvalue weighted by Crippen LogP contribution is 2.21. The summed E-state index contributed by atoms with van der Waals surface area (Å²) in [6, 6.07) is 4.00. The van der Waals surface area contributed by atoms with Crippen LogP contribution >= 0.6 is 0 Å². The molecule has 0 saturated heterocycles. The quantitative estimate of drug-likeness (QED) is 0.767. The van der Waals surface area contributed by atoms with Gasteiger partial charge in [0.15, 0.2) is 11.6 Å². The monoisotopic (exact) mass is 207 g/mol. The van der Waals surface area contributed by atoms with Crippen LogP contribution in [0, 0.1) is 5.82 Å². The zero-order chi connectivity index (χ0) is 11.0. The summed E-state index contributed by atoms with van der Waals surface area (Å²) in [5.74, 6) is -0.612. The molecule has 0 saturated carbocycles. The third-order valence-electron chi connectivity index (χ3n) is 2.23. The highest BCUT2D eigenvalue weighted by atomic mass is 19.1. The summed E-state index contributed by atoms with van der Waals surface area (Å²) in [6.45, 7) is 1.61. The number of carbonyl (C=O) groups excluding carboxylic acids is 1. The summed E-state index contributed by atoms with van der Waals surface area (Å²) >= 11 is 0. The lowest BCUT2D eigenvalue weighted by molar-refractivity contribution is 0.0968. The van der Waals surface area contributed by atoms with E-state index in [0.717, 1.165) is 6.26 Å². The Labute approximate surface area is 85.7 Å². The van der Waals surface area contributed by atoms with Crippen LogP contribution in [-0.4, -0.2) is 11.8 Å². The van der Waals surface area contributed by atoms with Crippen molar-refractivity contribution in [3.05, 3.63) is 35.8 Å². The van der Waals surface area contributed by atoms with Gasteiger partial charge in [0.25, 0.3) is 0 Å². The number of halogens is 1. The number of rotatable bonds is 2. The molecule has 0 bridgehead atoms. The van der Waals surface area contributed by atoms with Gasteiger partial charge in [-0.15, -0.1) is 0 Å². The van der Waals surface area contributed by atoms with E-state index < -0.39 is 11.9 Å². The van der Waals surface area contributed by atoms with E-state index in [1.165, 1.54) is 12.1 Å². The fraction of sp³-hybridized carbons (Fsp3) is 0.182. The highest BCUT2D eigenvalue weighted by Gasteiger charge is 2.13. The Bertz CT molecular complexity index is 516. The lowest BCUT2D eigenvalue weighted by Gasteiger charge is -2.03. The molecule has 2 rings (SSSR count). The van der Waals surface area contributed by atoms with Crippen molar-refractivity contribution < 1.29 is 13.6 Å². The Morgan fingerprint density at radius 3 is 2.93 bits per heavy atom. The van der Waals surface area contributed by atoms with Gasteiger partial charge in [0.2, 0.25) is 0 Å². The van der Waals surface area contributed by atoms with Gasteiger partial charge in [-0.2, -0.15) is 0 Å². The average Bonchev–Trinajstić information content (AvgIpc) is 2.59. The molecule has 1 atom stereocenters. The van der Waals surface area contributed by atoms with Crippen LogP contribution in [0.2, 0.25) is 0 Å². The fourth-order valence-electron chi connectivity index (χ4n) is 1.41. The number of Topliss-reactive ketones (excluding diaryl/α,β-unsaturated/α-hetero) is 1. The second-order valence-electron chi connectivity index (χ2n) is 3.45. The van der Waals surface area contributed by atoms with Crippen LogP contribution in [0.5, 0.6) is 0 Å². The Balaban J connectivity index is 2.52. The Morgan fingerprint density at radius 2 is 2.27 bits per heavy atom. The summed E-state index contributed by atoms with van der Waals surface area (Å²) in [5, 5.41) is 0.372. The van der Waals surface area contributed by atoms with Crippen molar-refractivity contribution in [3.63, 3.8) is 0 Å². The second kappa shape index (κ2) is 3.47. The van der Waals surface area contributed by atoms with Gasteiger partial charge in [-0.25, -0.2) is 4.39 Å². The topological polar surface area (TPSA) is 56.2 Å². The van der Waals surface area contributed by atoms with E-state index in [4.69, 9.17) is 10.2 Å². The van der Waals surface area contributed by atoms with E-state index in [1.54, 1.807) is 13.0 Å². The van der Waals surface area contributed by atoms with Crippen LogP contribution in [0.1, 0.15) is 17.3 Å². The molecule has 4 heteroatoms. The molecule has 0 aliphatic carbocycles. The lowest BCUT2D eigenvalue weighted by Crippen LogP contribution is -2.26. The molecule has 0 aliphatic heterocycles. The van der Waals surface area contributed by atoms with E-state index >= 15 is 0 Å². The Kier molecular flexibility index (Phi) is 2.28. The maximum atomic E-state index is 13.0. The van der Waals surface area contributed by atoms with Crippen molar-refractivity contribution in [1.29, 1.82) is 0 Å². The van der Waals surface area contributed by atoms with Crippen LogP contribution in [0.25, 0.3) is 11.0 Å². The summed E-state index contributed by atoms with van der Waals surface area (Å²) in [6.07, 6.45) is 1.02. The highest BCUT2D eigenvalue weighted by molar-refractivity contribution is 6.02. The normalized spacial score (nSPS) is 13.0. The molecule has 0 fully saturated rings. The van der Waals surface area contributed by atoms with Crippen molar-refractivity contribution in [3.8, 4) is 0 Å². The molecule has 0 radical (unpaired) electrons. The molecule has 0 spiro atoms. The number of hydrogen-bond donors (Lipinski definition) is 1. The van der Waals surface area contributed by atoms with Gasteiger partial charge in [0, 0.05) is 5.56 Å². The molecular weight excluding hydrogens is 197 g/mol. The lowest BCUT2D eigenvalue weighted by atomic mass is 10.1. The standard InChI is InChI=1S/C11H10FNO2/c1-6(13)11(14)7-2-3-8-9(12)5-15-10(8)4-7/h2-6H,13H2,1H3. The maximum absolute atomic E-state index is 13.0. The number of ketones is 1. The number of nitrogens with two attached hydrogens (primary N) is 1. The van der Waals surface area contributed by atoms with Crippen molar-refractivity contribution in [1.82, 2.24) is 0 Å². The third kappa shape index (κ3) is 1.64. The number of carbonyl (C=O) groups is 1. The van der Waals surface area contributed by atoms with Gasteiger partial charge in [-0.3, -0.25) is 4.79 Å². The third-order valence-corrected chi connectivity index (χ3v) is 2.23. The Hall–Kier alpha value is -1.68. The molecule has 2 aromatic rings. The second-order valence-corrected chi connectivity index (χ2v) is 3.45. The number of furan rings is 1. The SMILES string of the molecule is CC(N)C(=O)c1ccc2c(F)coc2c1. The first-order chi connectivity index (χ1) is 7.09. The van der Waals surface area contributed by atoms with E-state index in [-0.39, 0.29) is 5.78 Å². The van der Waals surface area contributed by atoms with E-state index in [2.05, 4.69) is 0 Å². The zero-order valence-corrected chi connectivity index (χ0v) is 8.16. The van der Waals surface area contributed by atoms with Gasteiger partial charge in [-0.05, 0) is 19.1 Å². The van der Waals surface area contributed by atoms with Gasteiger partial charge in [0.1, 0.15) is 11.8 Å². The van der Waals surface area contributed by atoms with Crippen molar-refractivity contribution in [2.24, 2.45) is 5.73 Å². The van der Waals surface area contributed by atoms with E-state index in [9.17, 15) is 9.18 Å². The Morgan fingerprint density at radius 1 is 1.53 bits per heavy atom. The molecule has 1 heterocycles. The molecule has 3 nitrogen and oxygen atoms in total.